The quantitative estimate of drug-likeness (QED) is 0.120. The van der Waals surface area contributed by atoms with Crippen molar-refractivity contribution in [3.05, 3.63) is 191 Å². The third kappa shape index (κ3) is 4.02. The molecular formula is C53H42Hf. The molecule has 0 nitrogen and oxygen atoms in total. The van der Waals surface area contributed by atoms with E-state index in [1.165, 1.54) is 79.9 Å². The molecule has 1 heterocycles. The zero-order valence-corrected chi connectivity index (χ0v) is 34.6. The first-order chi connectivity index (χ1) is 26.6. The van der Waals surface area contributed by atoms with Gasteiger partial charge in [-0.15, -0.1) is 0 Å². The summed E-state index contributed by atoms with van der Waals surface area (Å²) in [7, 11) is 0. The van der Waals surface area contributed by atoms with Crippen LogP contribution in [0.5, 0.6) is 0 Å². The van der Waals surface area contributed by atoms with Crippen molar-refractivity contribution in [2.45, 2.75) is 42.4 Å². The Hall–Kier alpha value is -4.85. The van der Waals surface area contributed by atoms with Gasteiger partial charge in [-0.2, -0.15) is 0 Å². The Balaban J connectivity index is 1.29. The number of hydrogen-bond acceptors (Lipinski definition) is 0. The Morgan fingerprint density at radius 1 is 0.407 bits per heavy atom. The summed E-state index contributed by atoms with van der Waals surface area (Å²) in [5.74, 6) is 0. The molecule has 2 unspecified atom stereocenters. The molecular weight excluding hydrogens is 815 g/mol. The van der Waals surface area contributed by atoms with Crippen LogP contribution in [-0.2, 0) is 20.0 Å². The van der Waals surface area contributed by atoms with Crippen molar-refractivity contribution in [3.8, 4) is 0 Å². The van der Waals surface area contributed by atoms with Crippen LogP contribution in [0.25, 0.3) is 65.4 Å². The van der Waals surface area contributed by atoms with Crippen molar-refractivity contribution in [1.82, 2.24) is 0 Å². The van der Waals surface area contributed by atoms with Gasteiger partial charge in [0.05, 0.1) is 0 Å². The molecule has 4 bridgehead atoms. The van der Waals surface area contributed by atoms with Gasteiger partial charge in [0.1, 0.15) is 0 Å². The molecule has 4 aliphatic rings. The number of allylic oxidation sites excluding steroid dienone is 4. The van der Waals surface area contributed by atoms with Gasteiger partial charge in [-0.1, -0.05) is 0 Å². The first-order valence-electron chi connectivity index (χ1n) is 20.1. The van der Waals surface area contributed by atoms with Crippen molar-refractivity contribution >= 4 is 65.4 Å². The predicted octanol–water partition coefficient (Wildman–Crippen LogP) is 14.8. The Kier molecular flexibility index (Phi) is 6.61. The Morgan fingerprint density at radius 2 is 0.796 bits per heavy atom. The van der Waals surface area contributed by atoms with Crippen molar-refractivity contribution in [3.63, 3.8) is 0 Å². The van der Waals surface area contributed by atoms with Crippen molar-refractivity contribution in [2.24, 2.45) is 5.41 Å². The van der Waals surface area contributed by atoms with Crippen LogP contribution >= 0.6 is 0 Å². The zero-order valence-electron chi connectivity index (χ0n) is 31.0. The summed E-state index contributed by atoms with van der Waals surface area (Å²) >= 11 is -3.64. The van der Waals surface area contributed by atoms with Gasteiger partial charge in [-0.05, 0) is 0 Å². The molecule has 2 atom stereocenters. The monoisotopic (exact) mass is 858 g/mol. The van der Waals surface area contributed by atoms with Crippen molar-refractivity contribution in [2.75, 3.05) is 0 Å². The molecule has 8 aromatic rings. The van der Waals surface area contributed by atoms with E-state index in [1.54, 1.807) is 44.5 Å². The molecule has 0 radical (unpaired) electrons. The van der Waals surface area contributed by atoms with Gasteiger partial charge >= 0.3 is 324 Å². The molecule has 0 N–H and O–H groups in total. The second-order valence-electron chi connectivity index (χ2n) is 17.1. The van der Waals surface area contributed by atoms with Crippen LogP contribution in [0, 0.1) is 5.41 Å². The Morgan fingerprint density at radius 3 is 1.30 bits per heavy atom. The maximum atomic E-state index is 2.83. The van der Waals surface area contributed by atoms with E-state index < -0.39 is 20.0 Å². The van der Waals surface area contributed by atoms with Gasteiger partial charge in [-0.3, -0.25) is 0 Å². The van der Waals surface area contributed by atoms with Crippen LogP contribution in [0.2, 0.25) is 9.36 Å². The van der Waals surface area contributed by atoms with E-state index in [0.717, 1.165) is 0 Å². The van der Waals surface area contributed by atoms with Crippen molar-refractivity contribution in [1.29, 1.82) is 0 Å². The molecule has 1 aliphatic heterocycles. The zero-order chi connectivity index (χ0) is 35.8. The summed E-state index contributed by atoms with van der Waals surface area (Å²) in [6.45, 7) is 0. The van der Waals surface area contributed by atoms with Crippen LogP contribution in [0.15, 0.2) is 158 Å². The van der Waals surface area contributed by atoms with Crippen LogP contribution in [-0.4, -0.2) is 0 Å². The molecule has 3 aliphatic carbocycles. The van der Waals surface area contributed by atoms with E-state index >= 15 is 0 Å². The van der Waals surface area contributed by atoms with E-state index in [-0.39, 0.29) is 5.41 Å². The molecule has 0 saturated heterocycles. The fourth-order valence-electron chi connectivity index (χ4n) is 12.3. The average Bonchev–Trinajstić information content (AvgIpc) is 3.94. The molecule has 12 rings (SSSR count). The van der Waals surface area contributed by atoms with Crippen molar-refractivity contribution < 1.29 is 20.0 Å². The standard InChI is InChI=1S/C51H36.2CH3.Hf/c1-5-19-39-33(13-1)25-27-35-17-11-23-43(47(35)39)45-31-37-15-3-7-21-41(37)49(45)51(29-9-10-30-51)50-42-22-8-4-16-38(42)32-46(50)44-24-12-18-36-28-26-34-14-2-6-20-40(34)48(36)44;;;/h1-8,11-28,31-32H,9-10,29-30H2;2*1H3;. The van der Waals surface area contributed by atoms with E-state index in [0.29, 0.717) is 7.35 Å². The van der Waals surface area contributed by atoms with E-state index in [9.17, 15) is 0 Å². The Labute approximate surface area is 322 Å². The second-order valence-corrected chi connectivity index (χ2v) is 34.3. The summed E-state index contributed by atoms with van der Waals surface area (Å²) < 4.78 is 6.54. The molecule has 0 aromatic heterocycles. The maximum absolute atomic E-state index is 3.64. The molecule has 0 amide bonds. The summed E-state index contributed by atoms with van der Waals surface area (Å²) in [6, 6.07) is 61.5. The normalized spacial score (nSPS) is 20.6. The fourth-order valence-corrected chi connectivity index (χ4v) is 28.6. The van der Waals surface area contributed by atoms with Crippen LogP contribution < -0.4 is 0 Å². The molecule has 258 valence electrons. The number of hydrogen-bond donors (Lipinski definition) is 0. The van der Waals surface area contributed by atoms with Crippen LogP contribution in [0.3, 0.4) is 0 Å². The second kappa shape index (κ2) is 11.3. The Bertz CT molecular complexity index is 2790. The third-order valence-electron chi connectivity index (χ3n) is 14.2. The van der Waals surface area contributed by atoms with Crippen LogP contribution in [0.4, 0.5) is 0 Å². The summed E-state index contributed by atoms with van der Waals surface area (Å²) in [4.78, 5) is 0. The summed E-state index contributed by atoms with van der Waals surface area (Å²) in [5, 5.41) is 11.0. The molecule has 1 saturated carbocycles. The van der Waals surface area contributed by atoms with Gasteiger partial charge in [0.2, 0.25) is 0 Å². The topological polar surface area (TPSA) is 0 Å². The van der Waals surface area contributed by atoms with Gasteiger partial charge in [0.25, 0.3) is 0 Å². The predicted molar refractivity (Wildman–Crippen MR) is 228 cm³/mol. The number of fused-ring (bicyclic) bond motifs is 16. The van der Waals surface area contributed by atoms with E-state index in [2.05, 4.69) is 167 Å². The van der Waals surface area contributed by atoms with Gasteiger partial charge in [0, 0.05) is 0 Å². The molecule has 1 spiro atoms. The molecule has 1 fully saturated rings. The number of benzene rings is 8. The first kappa shape index (κ1) is 31.5. The van der Waals surface area contributed by atoms with Gasteiger partial charge in [0.15, 0.2) is 0 Å². The summed E-state index contributed by atoms with van der Waals surface area (Å²) in [6.07, 6.45) is 4.91. The SMILES string of the molecule is [CH3][Hf]1([CH3])[CH]2C(c3cccc4ccc5ccccc5c34)=C(c3ccccc32)C2(CCCC2)C2=C(c3cccc4ccc5ccccc5c34)[CH]1c1ccccc12. The van der Waals surface area contributed by atoms with Crippen LogP contribution in [0.1, 0.15) is 66.4 Å². The molecule has 54 heavy (non-hydrogen) atoms. The fraction of sp³-hybridized carbons (Fsp3) is 0.170. The minimum absolute atomic E-state index is 0.0792. The van der Waals surface area contributed by atoms with E-state index in [4.69, 9.17) is 0 Å². The minimum atomic E-state index is -3.64. The summed E-state index contributed by atoms with van der Waals surface area (Å²) in [5.41, 5.74) is 15.9. The van der Waals surface area contributed by atoms with E-state index in [1.807, 2.05) is 0 Å². The molecule has 1 heteroatoms. The molecule has 8 aromatic carbocycles. The van der Waals surface area contributed by atoms with Gasteiger partial charge in [-0.25, -0.2) is 0 Å². The van der Waals surface area contributed by atoms with Gasteiger partial charge < -0.3 is 0 Å². The first-order valence-corrected chi connectivity index (χ1v) is 31.4. The third-order valence-corrected chi connectivity index (χ3v) is 29.2. The average molecular weight is 857 g/mol. The number of rotatable bonds is 2.